The quantitative estimate of drug-likeness (QED) is 0.691. The Morgan fingerprint density at radius 2 is 2.04 bits per heavy atom. The van der Waals surface area contributed by atoms with Crippen molar-refractivity contribution in [3.63, 3.8) is 0 Å². The molecule has 2 aromatic heterocycles. The van der Waals surface area contributed by atoms with Crippen LogP contribution in [0.5, 0.6) is 0 Å². The maximum absolute atomic E-state index is 12.2. The van der Waals surface area contributed by atoms with Gasteiger partial charge in [-0.2, -0.15) is 0 Å². The minimum Gasteiger partial charge on any atom is -0.459 e. The molecule has 0 aliphatic carbocycles. The van der Waals surface area contributed by atoms with E-state index in [1.165, 1.54) is 23.6 Å². The number of hydrogen-bond acceptors (Lipinski definition) is 6. The van der Waals surface area contributed by atoms with E-state index in [1.807, 2.05) is 31.2 Å². The third-order valence-electron chi connectivity index (χ3n) is 3.37. The number of furan rings is 1. The highest BCUT2D eigenvalue weighted by Crippen LogP contribution is 2.26. The molecule has 1 atom stereocenters. The van der Waals surface area contributed by atoms with Crippen molar-refractivity contribution in [3.8, 4) is 11.7 Å². The highest BCUT2D eigenvalue weighted by Gasteiger charge is 2.19. The summed E-state index contributed by atoms with van der Waals surface area (Å²) >= 11 is 1.21. The minimum atomic E-state index is -0.347. The average Bonchev–Trinajstić information content (AvgIpc) is 3.25. The van der Waals surface area contributed by atoms with E-state index >= 15 is 0 Å². The van der Waals surface area contributed by atoms with Crippen LogP contribution in [0.3, 0.4) is 0 Å². The zero-order chi connectivity index (χ0) is 16.9. The summed E-state index contributed by atoms with van der Waals surface area (Å²) in [5.41, 5.74) is 2.25. The molecule has 24 heavy (non-hydrogen) atoms. The first kappa shape index (κ1) is 16.3. The van der Waals surface area contributed by atoms with E-state index in [4.69, 9.17) is 8.83 Å². The van der Waals surface area contributed by atoms with Gasteiger partial charge in [0.2, 0.25) is 5.91 Å². The summed E-state index contributed by atoms with van der Waals surface area (Å²) < 4.78 is 10.7. The van der Waals surface area contributed by atoms with E-state index in [-0.39, 0.29) is 11.2 Å². The van der Waals surface area contributed by atoms with Crippen LogP contribution < -0.4 is 5.32 Å². The van der Waals surface area contributed by atoms with E-state index in [9.17, 15) is 4.79 Å². The van der Waals surface area contributed by atoms with Crippen molar-refractivity contribution in [1.29, 1.82) is 0 Å². The Bertz CT molecular complexity index is 797. The molecule has 0 radical (unpaired) electrons. The van der Waals surface area contributed by atoms with E-state index in [0.29, 0.717) is 23.4 Å². The summed E-state index contributed by atoms with van der Waals surface area (Å²) in [4.78, 5) is 12.2. The first-order valence-corrected chi connectivity index (χ1v) is 8.37. The first-order valence-electron chi connectivity index (χ1n) is 7.49. The molecule has 6 nitrogen and oxygen atoms in total. The molecule has 1 unspecified atom stereocenters. The molecule has 0 saturated heterocycles. The number of carbonyl (C=O) groups excluding carboxylic acids is 1. The number of rotatable bonds is 6. The van der Waals surface area contributed by atoms with E-state index in [1.54, 1.807) is 19.1 Å². The largest absolute Gasteiger partial charge is 0.459 e. The molecular formula is C17H17N3O3S. The summed E-state index contributed by atoms with van der Waals surface area (Å²) in [6.45, 7) is 4.32. The second kappa shape index (κ2) is 7.35. The lowest BCUT2D eigenvalue weighted by Crippen LogP contribution is -2.30. The fourth-order valence-corrected chi connectivity index (χ4v) is 2.71. The summed E-state index contributed by atoms with van der Waals surface area (Å²) in [6, 6.07) is 11.5. The monoisotopic (exact) mass is 343 g/mol. The van der Waals surface area contributed by atoms with Crippen LogP contribution >= 0.6 is 11.8 Å². The van der Waals surface area contributed by atoms with Gasteiger partial charge in [-0.1, -0.05) is 41.6 Å². The van der Waals surface area contributed by atoms with Crippen molar-refractivity contribution in [2.75, 3.05) is 0 Å². The topological polar surface area (TPSA) is 81.2 Å². The van der Waals surface area contributed by atoms with Gasteiger partial charge in [0.15, 0.2) is 5.76 Å². The first-order chi connectivity index (χ1) is 11.6. The SMILES string of the molecule is Cc1ccc(CNC(=O)C(C)Sc2nnc(-c3ccco3)o2)cc1. The lowest BCUT2D eigenvalue weighted by molar-refractivity contribution is -0.120. The van der Waals surface area contributed by atoms with Gasteiger partial charge in [0.1, 0.15) is 0 Å². The van der Waals surface area contributed by atoms with Gasteiger partial charge in [-0.25, -0.2) is 0 Å². The standard InChI is InChI=1S/C17H17N3O3S/c1-11-5-7-13(8-6-11)10-18-15(21)12(2)24-17-20-19-16(23-17)14-4-3-9-22-14/h3-9,12H,10H2,1-2H3,(H,18,21). The molecule has 1 N–H and O–H groups in total. The third kappa shape index (κ3) is 4.05. The van der Waals surface area contributed by atoms with E-state index < -0.39 is 0 Å². The molecule has 2 heterocycles. The van der Waals surface area contributed by atoms with E-state index in [0.717, 1.165) is 5.56 Å². The molecular weight excluding hydrogens is 326 g/mol. The zero-order valence-corrected chi connectivity index (χ0v) is 14.2. The van der Waals surface area contributed by atoms with Crippen LogP contribution in [-0.4, -0.2) is 21.4 Å². The normalized spacial score (nSPS) is 12.1. The number of carbonyl (C=O) groups is 1. The van der Waals surface area contributed by atoms with Crippen LogP contribution in [-0.2, 0) is 11.3 Å². The van der Waals surface area contributed by atoms with Crippen LogP contribution in [0.1, 0.15) is 18.1 Å². The third-order valence-corrected chi connectivity index (χ3v) is 4.31. The summed E-state index contributed by atoms with van der Waals surface area (Å²) in [6.07, 6.45) is 1.54. The molecule has 0 fully saturated rings. The Morgan fingerprint density at radius 1 is 1.25 bits per heavy atom. The van der Waals surface area contributed by atoms with Crippen LogP contribution in [0.2, 0.25) is 0 Å². The van der Waals surface area contributed by atoms with Crippen molar-refractivity contribution in [2.24, 2.45) is 0 Å². The molecule has 1 amide bonds. The highest BCUT2D eigenvalue weighted by molar-refractivity contribution is 8.00. The number of nitrogens with one attached hydrogen (secondary N) is 1. The van der Waals surface area contributed by atoms with Gasteiger partial charge in [0.05, 0.1) is 11.5 Å². The van der Waals surface area contributed by atoms with Gasteiger partial charge in [-0.15, -0.1) is 10.2 Å². The van der Waals surface area contributed by atoms with Crippen molar-refractivity contribution in [3.05, 3.63) is 53.8 Å². The van der Waals surface area contributed by atoms with Crippen molar-refractivity contribution >= 4 is 17.7 Å². The molecule has 1 aromatic carbocycles. The Balaban J connectivity index is 1.53. The summed E-state index contributed by atoms with van der Waals surface area (Å²) in [5, 5.41) is 10.7. The van der Waals surface area contributed by atoms with Crippen LogP contribution in [0.15, 0.2) is 56.7 Å². The molecule has 3 rings (SSSR count). The molecule has 0 aliphatic heterocycles. The molecule has 7 heteroatoms. The number of nitrogens with zero attached hydrogens (tertiary/aromatic N) is 2. The van der Waals surface area contributed by atoms with Crippen molar-refractivity contribution in [1.82, 2.24) is 15.5 Å². The predicted molar refractivity (Wildman–Crippen MR) is 90.3 cm³/mol. The van der Waals surface area contributed by atoms with Crippen LogP contribution in [0.25, 0.3) is 11.7 Å². The fraction of sp³-hybridized carbons (Fsp3) is 0.235. The Morgan fingerprint density at radius 3 is 2.75 bits per heavy atom. The maximum atomic E-state index is 12.2. The second-order valence-electron chi connectivity index (χ2n) is 5.31. The Hall–Kier alpha value is -2.54. The maximum Gasteiger partial charge on any atom is 0.284 e. The number of benzene rings is 1. The van der Waals surface area contributed by atoms with Gasteiger partial charge in [-0.3, -0.25) is 4.79 Å². The van der Waals surface area contributed by atoms with Crippen LogP contribution in [0, 0.1) is 6.92 Å². The molecule has 0 spiro atoms. The number of amides is 1. The average molecular weight is 343 g/mol. The molecule has 124 valence electrons. The summed E-state index contributed by atoms with van der Waals surface area (Å²) in [5.74, 6) is 0.721. The van der Waals surface area contributed by atoms with Crippen molar-refractivity contribution in [2.45, 2.75) is 30.9 Å². The van der Waals surface area contributed by atoms with Gasteiger partial charge >= 0.3 is 0 Å². The van der Waals surface area contributed by atoms with Gasteiger partial charge < -0.3 is 14.2 Å². The molecule has 0 aliphatic rings. The van der Waals surface area contributed by atoms with Gasteiger partial charge in [0.25, 0.3) is 11.1 Å². The second-order valence-corrected chi connectivity index (χ2v) is 6.61. The molecule has 0 bridgehead atoms. The molecule has 0 saturated carbocycles. The number of hydrogen-bond donors (Lipinski definition) is 1. The minimum absolute atomic E-state index is 0.0849. The van der Waals surface area contributed by atoms with E-state index in [2.05, 4.69) is 15.5 Å². The van der Waals surface area contributed by atoms with Gasteiger partial charge in [-0.05, 0) is 31.5 Å². The molecule has 3 aromatic rings. The highest BCUT2D eigenvalue weighted by atomic mass is 32.2. The number of aromatic nitrogens is 2. The van der Waals surface area contributed by atoms with Crippen LogP contribution in [0.4, 0.5) is 0 Å². The lowest BCUT2D eigenvalue weighted by Gasteiger charge is -2.10. The number of thioether (sulfide) groups is 1. The fourth-order valence-electron chi connectivity index (χ4n) is 2.00. The van der Waals surface area contributed by atoms with Gasteiger partial charge in [0, 0.05) is 6.54 Å². The smallest absolute Gasteiger partial charge is 0.284 e. The lowest BCUT2D eigenvalue weighted by atomic mass is 10.1. The number of aryl methyl sites for hydroxylation is 1. The Kier molecular flexibility index (Phi) is 5.00. The summed E-state index contributed by atoms with van der Waals surface area (Å²) in [7, 11) is 0. The predicted octanol–water partition coefficient (Wildman–Crippen LogP) is 3.44. The Labute approximate surface area is 143 Å². The van der Waals surface area contributed by atoms with Crippen molar-refractivity contribution < 1.29 is 13.6 Å². The zero-order valence-electron chi connectivity index (χ0n) is 13.4.